The molecule has 0 aliphatic rings. The van der Waals surface area contributed by atoms with Crippen LogP contribution in [-0.4, -0.2) is 14.5 Å². The van der Waals surface area contributed by atoms with Crippen LogP contribution in [0.1, 0.15) is 5.56 Å². The number of hydrogen-bond acceptors (Lipinski definition) is 3. The molecule has 0 atom stereocenters. The van der Waals surface area contributed by atoms with Gasteiger partial charge in [0.05, 0.1) is 34.1 Å². The van der Waals surface area contributed by atoms with Gasteiger partial charge in [0.25, 0.3) is 0 Å². The Hall–Kier alpha value is -7.87. The fourth-order valence-corrected chi connectivity index (χ4v) is 7.81. The lowest BCUT2D eigenvalue weighted by Crippen LogP contribution is -1.99. The van der Waals surface area contributed by atoms with Crippen LogP contribution in [0.3, 0.4) is 0 Å². The van der Waals surface area contributed by atoms with E-state index in [4.69, 9.17) is 9.97 Å². The van der Waals surface area contributed by atoms with Gasteiger partial charge in [-0.05, 0) is 81.9 Å². The monoisotopic (exact) mass is 726 g/mol. The minimum absolute atomic E-state index is 0.607. The first-order chi connectivity index (χ1) is 28.2. The van der Waals surface area contributed by atoms with Gasteiger partial charge in [-0.25, -0.2) is 9.97 Å². The molecule has 57 heavy (non-hydrogen) atoms. The molecule has 8 aromatic carbocycles. The Kier molecular flexibility index (Phi) is 8.52. The Morgan fingerprint density at radius 1 is 0.351 bits per heavy atom. The number of aromatic nitrogens is 3. The molecule has 0 radical (unpaired) electrons. The number of nitrogens with zero attached hydrogens (tertiary/aromatic N) is 4. The molecular formula is C53H34N4. The third kappa shape index (κ3) is 6.44. The number of fused-ring (bicyclic) bond motifs is 3. The highest BCUT2D eigenvalue weighted by Crippen LogP contribution is 2.40. The van der Waals surface area contributed by atoms with E-state index >= 15 is 0 Å². The van der Waals surface area contributed by atoms with Gasteiger partial charge in [-0.15, -0.1) is 0 Å². The van der Waals surface area contributed by atoms with Crippen molar-refractivity contribution in [3.63, 3.8) is 0 Å². The molecule has 0 unspecified atom stereocenters. The fourth-order valence-electron chi connectivity index (χ4n) is 7.81. The highest BCUT2D eigenvalue weighted by atomic mass is 15.0. The van der Waals surface area contributed by atoms with E-state index in [0.29, 0.717) is 11.4 Å². The van der Waals surface area contributed by atoms with Gasteiger partial charge >= 0.3 is 0 Å². The predicted octanol–water partition coefficient (Wildman–Crippen LogP) is 13.4. The number of benzene rings is 8. The topological polar surface area (TPSA) is 54.5 Å². The van der Waals surface area contributed by atoms with Gasteiger partial charge in [-0.1, -0.05) is 158 Å². The molecule has 0 N–H and O–H groups in total. The molecule has 2 heterocycles. The smallest absolute Gasteiger partial charge is 0.160 e. The summed E-state index contributed by atoms with van der Waals surface area (Å²) in [6, 6.07) is 74.0. The average Bonchev–Trinajstić information content (AvgIpc) is 3.63. The molecular weight excluding hydrogens is 693 g/mol. The van der Waals surface area contributed by atoms with Crippen molar-refractivity contribution >= 4 is 21.8 Å². The van der Waals surface area contributed by atoms with Crippen molar-refractivity contribution in [2.24, 2.45) is 0 Å². The lowest BCUT2D eigenvalue weighted by atomic mass is 9.98. The van der Waals surface area contributed by atoms with Crippen molar-refractivity contribution in [3.8, 4) is 79.0 Å². The van der Waals surface area contributed by atoms with E-state index in [1.807, 2.05) is 54.6 Å². The maximum Gasteiger partial charge on any atom is 0.160 e. The zero-order valence-corrected chi connectivity index (χ0v) is 30.9. The summed E-state index contributed by atoms with van der Waals surface area (Å²) in [7, 11) is 0. The highest BCUT2D eigenvalue weighted by Gasteiger charge is 2.18. The number of hydrogen-bond donors (Lipinski definition) is 0. The summed E-state index contributed by atoms with van der Waals surface area (Å²) in [6.07, 6.45) is 0. The maximum absolute atomic E-state index is 9.93. The highest BCUT2D eigenvalue weighted by molar-refractivity contribution is 6.11. The van der Waals surface area contributed by atoms with Crippen LogP contribution in [0.4, 0.5) is 0 Å². The minimum Gasteiger partial charge on any atom is -0.309 e. The molecule has 0 aliphatic heterocycles. The first kappa shape index (κ1) is 33.7. The van der Waals surface area contributed by atoms with E-state index < -0.39 is 0 Å². The SMILES string of the molecule is N#Cc1cccc(-c2cc(-c3cc(-c4ccccc4)nc(-c4ccccc4)n3)cc(-n3c4cc(-c5ccccc5)ccc4c4ccc(-c5ccccc5)cc43)c2)c1. The van der Waals surface area contributed by atoms with E-state index in [0.717, 1.165) is 78.2 Å². The lowest BCUT2D eigenvalue weighted by Gasteiger charge is -2.16. The molecule has 0 saturated heterocycles. The first-order valence-corrected chi connectivity index (χ1v) is 19.0. The van der Waals surface area contributed by atoms with Crippen LogP contribution >= 0.6 is 0 Å². The largest absolute Gasteiger partial charge is 0.309 e. The molecule has 0 spiro atoms. The summed E-state index contributed by atoms with van der Waals surface area (Å²) < 4.78 is 2.39. The second kappa shape index (κ2) is 14.4. The van der Waals surface area contributed by atoms with Gasteiger partial charge in [0, 0.05) is 33.2 Å². The molecule has 0 amide bonds. The summed E-state index contributed by atoms with van der Waals surface area (Å²) in [5, 5.41) is 12.3. The zero-order valence-electron chi connectivity index (χ0n) is 30.9. The molecule has 2 aromatic heterocycles. The van der Waals surface area contributed by atoms with Crippen LogP contribution in [-0.2, 0) is 0 Å². The van der Waals surface area contributed by atoms with Crippen LogP contribution in [0.15, 0.2) is 206 Å². The molecule has 0 aliphatic carbocycles. The minimum atomic E-state index is 0.607. The third-order valence-corrected chi connectivity index (χ3v) is 10.6. The predicted molar refractivity (Wildman–Crippen MR) is 234 cm³/mol. The van der Waals surface area contributed by atoms with Crippen molar-refractivity contribution in [1.29, 1.82) is 5.26 Å². The van der Waals surface area contributed by atoms with E-state index in [1.54, 1.807) is 0 Å². The normalized spacial score (nSPS) is 11.1. The van der Waals surface area contributed by atoms with Crippen LogP contribution < -0.4 is 0 Å². The Morgan fingerprint density at radius 2 is 0.825 bits per heavy atom. The van der Waals surface area contributed by atoms with Crippen LogP contribution in [0.25, 0.3) is 94.8 Å². The number of nitriles is 1. The van der Waals surface area contributed by atoms with Crippen molar-refractivity contribution in [1.82, 2.24) is 14.5 Å². The summed E-state index contributed by atoms with van der Waals surface area (Å²) in [6.45, 7) is 0. The Labute approximate surface area is 331 Å². The molecule has 0 saturated carbocycles. The first-order valence-electron chi connectivity index (χ1n) is 19.0. The van der Waals surface area contributed by atoms with Gasteiger partial charge in [-0.3, -0.25) is 0 Å². The fraction of sp³-hybridized carbons (Fsp3) is 0. The number of rotatable bonds is 7. The van der Waals surface area contributed by atoms with Crippen molar-refractivity contribution < 1.29 is 0 Å². The van der Waals surface area contributed by atoms with Crippen molar-refractivity contribution in [2.45, 2.75) is 0 Å². The molecule has 4 heteroatoms. The summed E-state index contributed by atoms with van der Waals surface area (Å²) in [5.41, 5.74) is 14.9. The van der Waals surface area contributed by atoms with Gasteiger partial charge in [-0.2, -0.15) is 5.26 Å². The average molecular weight is 727 g/mol. The standard InChI is InChI=1S/C53H34N4/c54-35-36-14-13-23-41(28-36)44-29-45(50-34-49(39-19-9-3-10-20-39)55-53(56-50)40-21-11-4-12-22-40)31-46(30-44)57-51-32-42(37-15-5-1-6-16-37)24-26-47(51)48-27-25-43(33-52(48)57)38-17-7-2-8-18-38/h1-34H. The quantitative estimate of drug-likeness (QED) is 0.164. The Balaban J connectivity index is 1.28. The maximum atomic E-state index is 9.93. The van der Waals surface area contributed by atoms with E-state index in [-0.39, 0.29) is 0 Å². The second-order valence-electron chi connectivity index (χ2n) is 14.2. The van der Waals surface area contributed by atoms with Crippen molar-refractivity contribution in [3.05, 3.63) is 212 Å². The zero-order chi connectivity index (χ0) is 38.1. The van der Waals surface area contributed by atoms with Gasteiger partial charge in [0.1, 0.15) is 0 Å². The Bertz CT molecular complexity index is 2950. The molecule has 0 fully saturated rings. The van der Waals surface area contributed by atoms with Crippen LogP contribution in [0.2, 0.25) is 0 Å². The van der Waals surface area contributed by atoms with Crippen LogP contribution in [0, 0.1) is 11.3 Å². The van der Waals surface area contributed by atoms with E-state index in [1.165, 1.54) is 10.8 Å². The molecule has 266 valence electrons. The summed E-state index contributed by atoms with van der Waals surface area (Å²) in [4.78, 5) is 10.3. The van der Waals surface area contributed by atoms with Gasteiger partial charge < -0.3 is 4.57 Å². The molecule has 10 rings (SSSR count). The lowest BCUT2D eigenvalue weighted by molar-refractivity contribution is 1.16. The van der Waals surface area contributed by atoms with E-state index in [9.17, 15) is 5.26 Å². The molecule has 10 aromatic rings. The van der Waals surface area contributed by atoms with Crippen LogP contribution in [0.5, 0.6) is 0 Å². The second-order valence-corrected chi connectivity index (χ2v) is 14.2. The summed E-state index contributed by atoms with van der Waals surface area (Å²) in [5.74, 6) is 0.655. The van der Waals surface area contributed by atoms with E-state index in [2.05, 4.69) is 162 Å². The van der Waals surface area contributed by atoms with Gasteiger partial charge in [0.15, 0.2) is 5.82 Å². The Morgan fingerprint density at radius 3 is 1.39 bits per heavy atom. The van der Waals surface area contributed by atoms with Crippen molar-refractivity contribution in [2.75, 3.05) is 0 Å². The molecule has 4 nitrogen and oxygen atoms in total. The third-order valence-electron chi connectivity index (χ3n) is 10.6. The summed E-state index contributed by atoms with van der Waals surface area (Å²) >= 11 is 0. The van der Waals surface area contributed by atoms with Gasteiger partial charge in [0.2, 0.25) is 0 Å². The molecule has 0 bridgehead atoms.